The molecule has 2 rings (SSSR count). The summed E-state index contributed by atoms with van der Waals surface area (Å²) in [4.78, 5) is 10.7. The second-order valence-electron chi connectivity index (χ2n) is 4.35. The Kier molecular flexibility index (Phi) is 4.46. The highest BCUT2D eigenvalue weighted by atomic mass is 35.5. The van der Waals surface area contributed by atoms with Crippen LogP contribution in [0.15, 0.2) is 6.33 Å². The van der Waals surface area contributed by atoms with Gasteiger partial charge in [-0.2, -0.15) is 0 Å². The molecule has 1 aromatic heterocycles. The van der Waals surface area contributed by atoms with Gasteiger partial charge in [-0.25, -0.2) is 9.97 Å². The van der Waals surface area contributed by atoms with Crippen molar-refractivity contribution in [1.29, 1.82) is 0 Å². The summed E-state index contributed by atoms with van der Waals surface area (Å²) in [6, 6.07) is 0.552. The van der Waals surface area contributed by atoms with Crippen LogP contribution in [0.2, 0.25) is 5.15 Å². The van der Waals surface area contributed by atoms with Crippen molar-refractivity contribution in [2.24, 2.45) is 0 Å². The van der Waals surface area contributed by atoms with Gasteiger partial charge in [-0.05, 0) is 25.7 Å². The molecule has 0 saturated carbocycles. The lowest BCUT2D eigenvalue weighted by Gasteiger charge is -2.37. The molecule has 94 valence electrons. The van der Waals surface area contributed by atoms with Crippen LogP contribution in [-0.2, 0) is 5.88 Å². The molecule has 0 amide bonds. The summed E-state index contributed by atoms with van der Waals surface area (Å²) in [5.74, 6) is 1.29. The Morgan fingerprint density at radius 1 is 1.41 bits per heavy atom. The fourth-order valence-electron chi connectivity index (χ4n) is 2.45. The summed E-state index contributed by atoms with van der Waals surface area (Å²) < 4.78 is 0. The van der Waals surface area contributed by atoms with Gasteiger partial charge in [-0.3, -0.25) is 0 Å². The van der Waals surface area contributed by atoms with Crippen LogP contribution in [0.4, 0.5) is 5.82 Å². The maximum atomic E-state index is 6.08. The number of nitrogens with zero attached hydrogens (tertiary/aromatic N) is 3. The Balaban J connectivity index is 2.34. The monoisotopic (exact) mass is 273 g/mol. The van der Waals surface area contributed by atoms with Gasteiger partial charge in [0, 0.05) is 18.2 Å². The Labute approximate surface area is 112 Å². The normalized spacial score (nSPS) is 20.6. The molecule has 17 heavy (non-hydrogen) atoms. The molecule has 0 N–H and O–H groups in total. The largest absolute Gasteiger partial charge is 0.353 e. The molecule has 0 aromatic carbocycles. The number of alkyl halides is 1. The van der Waals surface area contributed by atoms with E-state index < -0.39 is 0 Å². The van der Waals surface area contributed by atoms with Crippen molar-refractivity contribution in [2.45, 2.75) is 44.5 Å². The quantitative estimate of drug-likeness (QED) is 0.622. The number of hydrogen-bond acceptors (Lipinski definition) is 3. The van der Waals surface area contributed by atoms with Crippen molar-refractivity contribution in [2.75, 3.05) is 11.4 Å². The van der Waals surface area contributed by atoms with Crippen LogP contribution in [0.25, 0.3) is 0 Å². The summed E-state index contributed by atoms with van der Waals surface area (Å²) in [6.45, 7) is 3.25. The van der Waals surface area contributed by atoms with Gasteiger partial charge >= 0.3 is 0 Å². The van der Waals surface area contributed by atoms with E-state index in [0.717, 1.165) is 24.3 Å². The van der Waals surface area contributed by atoms with E-state index >= 15 is 0 Å². The minimum absolute atomic E-state index is 0.363. The molecular formula is C12H17Cl2N3. The molecule has 1 unspecified atom stereocenters. The zero-order valence-electron chi connectivity index (χ0n) is 9.99. The van der Waals surface area contributed by atoms with E-state index in [-0.39, 0.29) is 0 Å². The minimum atomic E-state index is 0.363. The first-order valence-electron chi connectivity index (χ1n) is 6.10. The first-order chi connectivity index (χ1) is 8.27. The lowest BCUT2D eigenvalue weighted by atomic mass is 9.99. The predicted octanol–water partition coefficient (Wildman–Crippen LogP) is 3.64. The molecule has 0 spiro atoms. The third-order valence-electron chi connectivity index (χ3n) is 3.37. The smallest absolute Gasteiger partial charge is 0.138 e. The Bertz CT molecular complexity index is 384. The maximum absolute atomic E-state index is 6.08. The summed E-state index contributed by atoms with van der Waals surface area (Å²) in [6.07, 6.45) is 6.38. The second kappa shape index (κ2) is 5.87. The van der Waals surface area contributed by atoms with Gasteiger partial charge in [0.05, 0.1) is 5.88 Å². The van der Waals surface area contributed by atoms with E-state index in [0.29, 0.717) is 17.1 Å². The van der Waals surface area contributed by atoms with Crippen LogP contribution in [0.3, 0.4) is 0 Å². The first-order valence-corrected chi connectivity index (χ1v) is 7.01. The van der Waals surface area contributed by atoms with E-state index in [1.165, 1.54) is 25.6 Å². The van der Waals surface area contributed by atoms with Crippen molar-refractivity contribution in [1.82, 2.24) is 9.97 Å². The molecule has 1 aliphatic heterocycles. The van der Waals surface area contributed by atoms with Gasteiger partial charge in [-0.15, -0.1) is 11.6 Å². The number of hydrogen-bond donors (Lipinski definition) is 0. The standard InChI is InChI=1S/C12H17Cl2N3/c1-2-9-5-3-4-6-17(9)12-10(7-13)11(14)15-8-16-12/h8-9H,2-7H2,1H3. The topological polar surface area (TPSA) is 29.0 Å². The summed E-state index contributed by atoms with van der Waals surface area (Å²) in [5.41, 5.74) is 0.858. The third kappa shape index (κ3) is 2.66. The minimum Gasteiger partial charge on any atom is -0.353 e. The number of anilines is 1. The van der Waals surface area contributed by atoms with Crippen molar-refractivity contribution < 1.29 is 0 Å². The highest BCUT2D eigenvalue weighted by molar-refractivity contribution is 6.31. The van der Waals surface area contributed by atoms with Crippen molar-refractivity contribution in [3.05, 3.63) is 17.0 Å². The molecule has 0 aliphatic carbocycles. The van der Waals surface area contributed by atoms with Crippen LogP contribution in [0.5, 0.6) is 0 Å². The van der Waals surface area contributed by atoms with Gasteiger partial charge in [0.1, 0.15) is 17.3 Å². The molecule has 1 fully saturated rings. The lowest BCUT2D eigenvalue weighted by Crippen LogP contribution is -2.40. The molecular weight excluding hydrogens is 257 g/mol. The molecule has 5 heteroatoms. The van der Waals surface area contributed by atoms with E-state index in [2.05, 4.69) is 21.8 Å². The van der Waals surface area contributed by atoms with Crippen molar-refractivity contribution >= 4 is 29.0 Å². The Morgan fingerprint density at radius 2 is 2.24 bits per heavy atom. The van der Waals surface area contributed by atoms with Gasteiger partial charge in [-0.1, -0.05) is 18.5 Å². The van der Waals surface area contributed by atoms with Crippen LogP contribution < -0.4 is 4.90 Å². The maximum Gasteiger partial charge on any atom is 0.138 e. The molecule has 2 heterocycles. The van der Waals surface area contributed by atoms with Crippen LogP contribution in [-0.4, -0.2) is 22.6 Å². The molecule has 1 atom stereocenters. The fourth-order valence-corrected chi connectivity index (χ4v) is 2.96. The summed E-state index contributed by atoms with van der Waals surface area (Å²) in [5, 5.41) is 0.477. The lowest BCUT2D eigenvalue weighted by molar-refractivity contribution is 0.446. The van der Waals surface area contributed by atoms with E-state index in [9.17, 15) is 0 Å². The van der Waals surface area contributed by atoms with E-state index in [4.69, 9.17) is 23.2 Å². The number of halogens is 2. The highest BCUT2D eigenvalue weighted by Crippen LogP contribution is 2.30. The van der Waals surface area contributed by atoms with E-state index in [1.54, 1.807) is 0 Å². The van der Waals surface area contributed by atoms with E-state index in [1.807, 2.05) is 0 Å². The van der Waals surface area contributed by atoms with Crippen LogP contribution in [0, 0.1) is 0 Å². The van der Waals surface area contributed by atoms with Crippen LogP contribution in [0.1, 0.15) is 38.2 Å². The van der Waals surface area contributed by atoms with Crippen molar-refractivity contribution in [3.8, 4) is 0 Å². The zero-order valence-corrected chi connectivity index (χ0v) is 11.5. The molecule has 1 aromatic rings. The molecule has 3 nitrogen and oxygen atoms in total. The SMILES string of the molecule is CCC1CCCCN1c1ncnc(Cl)c1CCl. The van der Waals surface area contributed by atoms with Gasteiger partial charge in [0.15, 0.2) is 0 Å². The molecule has 1 saturated heterocycles. The Morgan fingerprint density at radius 3 is 2.94 bits per heavy atom. The van der Waals surface area contributed by atoms with Crippen molar-refractivity contribution in [3.63, 3.8) is 0 Å². The number of piperidine rings is 1. The zero-order chi connectivity index (χ0) is 12.3. The first kappa shape index (κ1) is 12.9. The summed E-state index contributed by atoms with van der Waals surface area (Å²) in [7, 11) is 0. The fraction of sp³-hybridized carbons (Fsp3) is 0.667. The predicted molar refractivity (Wildman–Crippen MR) is 71.9 cm³/mol. The number of aromatic nitrogens is 2. The second-order valence-corrected chi connectivity index (χ2v) is 4.98. The molecule has 0 radical (unpaired) electrons. The van der Waals surface area contributed by atoms with Gasteiger partial charge in [0.25, 0.3) is 0 Å². The molecule has 0 bridgehead atoms. The molecule has 1 aliphatic rings. The average molecular weight is 274 g/mol. The van der Waals surface area contributed by atoms with Gasteiger partial charge < -0.3 is 4.90 Å². The van der Waals surface area contributed by atoms with Gasteiger partial charge in [0.2, 0.25) is 0 Å². The average Bonchev–Trinajstić information content (AvgIpc) is 2.38. The Hall–Kier alpha value is -0.540. The summed E-state index contributed by atoms with van der Waals surface area (Å²) >= 11 is 12.0. The highest BCUT2D eigenvalue weighted by Gasteiger charge is 2.25. The third-order valence-corrected chi connectivity index (χ3v) is 3.97. The van der Waals surface area contributed by atoms with Crippen LogP contribution >= 0.6 is 23.2 Å². The number of rotatable bonds is 3.